The van der Waals surface area contributed by atoms with Crippen molar-refractivity contribution < 1.29 is 4.74 Å². The molecule has 1 aromatic rings. The molecule has 118 valence electrons. The third-order valence-corrected chi connectivity index (χ3v) is 5.14. The summed E-state index contributed by atoms with van der Waals surface area (Å²) in [4.78, 5) is 0. The number of methoxy groups -OCH3 is 1. The van der Waals surface area contributed by atoms with Crippen molar-refractivity contribution in [3.63, 3.8) is 0 Å². The predicted molar refractivity (Wildman–Crippen MR) is 89.7 cm³/mol. The van der Waals surface area contributed by atoms with Crippen LogP contribution in [0.2, 0.25) is 0 Å². The van der Waals surface area contributed by atoms with Crippen LogP contribution in [0.4, 0.5) is 0 Å². The highest BCUT2D eigenvalue weighted by atomic mass is 16.5. The Hall–Kier alpha value is -0.860. The molecule has 21 heavy (non-hydrogen) atoms. The first-order valence-electron chi connectivity index (χ1n) is 8.57. The fourth-order valence-corrected chi connectivity index (χ4v) is 3.85. The van der Waals surface area contributed by atoms with Crippen LogP contribution in [0.25, 0.3) is 0 Å². The number of hydrogen-bond acceptors (Lipinski definition) is 2. The molecule has 0 aliphatic heterocycles. The quantitative estimate of drug-likeness (QED) is 0.754. The zero-order valence-electron chi connectivity index (χ0n) is 13.7. The van der Waals surface area contributed by atoms with Crippen molar-refractivity contribution >= 4 is 0 Å². The van der Waals surface area contributed by atoms with Crippen LogP contribution in [-0.4, -0.2) is 25.8 Å². The van der Waals surface area contributed by atoms with Crippen LogP contribution in [0.15, 0.2) is 30.3 Å². The Morgan fingerprint density at radius 2 is 1.76 bits per heavy atom. The van der Waals surface area contributed by atoms with Gasteiger partial charge >= 0.3 is 0 Å². The molecule has 1 aliphatic rings. The lowest BCUT2D eigenvalue weighted by Gasteiger charge is -2.39. The van der Waals surface area contributed by atoms with Gasteiger partial charge in [0.1, 0.15) is 0 Å². The summed E-state index contributed by atoms with van der Waals surface area (Å²) >= 11 is 0. The average Bonchev–Trinajstić information content (AvgIpc) is 2.79. The van der Waals surface area contributed by atoms with E-state index in [1.165, 1.54) is 63.4 Å². The zero-order chi connectivity index (χ0) is 15.0. The van der Waals surface area contributed by atoms with Crippen molar-refractivity contribution in [2.75, 3.05) is 14.2 Å². The summed E-state index contributed by atoms with van der Waals surface area (Å²) in [5.74, 6) is 0. The highest BCUT2D eigenvalue weighted by molar-refractivity contribution is 5.14. The molecular formula is C19H31NO. The van der Waals surface area contributed by atoms with Crippen LogP contribution in [0.3, 0.4) is 0 Å². The molecule has 0 radical (unpaired) electrons. The Kier molecular flexibility index (Phi) is 6.72. The molecule has 1 saturated carbocycles. The number of aryl methyl sites for hydroxylation is 1. The molecular weight excluding hydrogens is 258 g/mol. The van der Waals surface area contributed by atoms with Crippen molar-refractivity contribution in [1.82, 2.24) is 5.32 Å². The summed E-state index contributed by atoms with van der Waals surface area (Å²) in [5, 5.41) is 3.55. The number of nitrogens with one attached hydrogen (secondary N) is 1. The highest BCUT2D eigenvalue weighted by Crippen LogP contribution is 2.34. The average molecular weight is 289 g/mol. The monoisotopic (exact) mass is 289 g/mol. The van der Waals surface area contributed by atoms with Crippen molar-refractivity contribution in [2.45, 2.75) is 69.4 Å². The second-order valence-corrected chi connectivity index (χ2v) is 6.40. The Bertz CT molecular complexity index is 382. The summed E-state index contributed by atoms with van der Waals surface area (Å²) in [6.45, 7) is 0. The SMILES string of the molecule is CNC(CCCc1ccccc1)C1(OC)CCCCCC1. The van der Waals surface area contributed by atoms with Gasteiger partial charge in [0.05, 0.1) is 5.60 Å². The lowest BCUT2D eigenvalue weighted by Crippen LogP contribution is -2.50. The van der Waals surface area contributed by atoms with E-state index in [-0.39, 0.29) is 5.60 Å². The fraction of sp³-hybridized carbons (Fsp3) is 0.684. The van der Waals surface area contributed by atoms with Gasteiger partial charge in [0.15, 0.2) is 0 Å². The molecule has 0 bridgehead atoms. The molecule has 0 spiro atoms. The van der Waals surface area contributed by atoms with Gasteiger partial charge in [-0.15, -0.1) is 0 Å². The number of benzene rings is 1. The minimum Gasteiger partial charge on any atom is -0.377 e. The summed E-state index contributed by atoms with van der Waals surface area (Å²) in [7, 11) is 4.01. The van der Waals surface area contributed by atoms with Gasteiger partial charge in [-0.05, 0) is 44.7 Å². The maximum Gasteiger partial charge on any atom is 0.0830 e. The van der Waals surface area contributed by atoms with Gasteiger partial charge < -0.3 is 10.1 Å². The Balaban J connectivity index is 1.91. The van der Waals surface area contributed by atoms with E-state index < -0.39 is 0 Å². The number of ether oxygens (including phenoxy) is 1. The molecule has 1 fully saturated rings. The molecule has 2 heteroatoms. The second-order valence-electron chi connectivity index (χ2n) is 6.40. The van der Waals surface area contributed by atoms with Gasteiger partial charge in [-0.1, -0.05) is 56.0 Å². The molecule has 1 unspecified atom stereocenters. The molecule has 0 heterocycles. The van der Waals surface area contributed by atoms with Crippen molar-refractivity contribution in [2.24, 2.45) is 0 Å². The zero-order valence-corrected chi connectivity index (χ0v) is 13.7. The first-order valence-corrected chi connectivity index (χ1v) is 8.57. The summed E-state index contributed by atoms with van der Waals surface area (Å²) in [5.41, 5.74) is 1.50. The second kappa shape index (κ2) is 8.55. The highest BCUT2D eigenvalue weighted by Gasteiger charge is 2.37. The minimum absolute atomic E-state index is 0.0575. The van der Waals surface area contributed by atoms with E-state index in [4.69, 9.17) is 4.74 Å². The molecule has 1 atom stereocenters. The van der Waals surface area contributed by atoms with E-state index >= 15 is 0 Å². The van der Waals surface area contributed by atoms with Crippen molar-refractivity contribution in [3.05, 3.63) is 35.9 Å². The normalized spacial score (nSPS) is 19.9. The molecule has 2 nitrogen and oxygen atoms in total. The molecule has 1 aliphatic carbocycles. The van der Waals surface area contributed by atoms with E-state index in [0.717, 1.165) is 0 Å². The largest absolute Gasteiger partial charge is 0.377 e. The third-order valence-electron chi connectivity index (χ3n) is 5.14. The van der Waals surface area contributed by atoms with E-state index in [2.05, 4.69) is 42.7 Å². The third kappa shape index (κ3) is 4.55. The standard InChI is InChI=1S/C19H31NO/c1-20-18(14-10-13-17-11-6-5-7-12-17)19(21-2)15-8-3-4-9-16-19/h5-7,11-12,18,20H,3-4,8-10,13-16H2,1-2H3. The summed E-state index contributed by atoms with van der Waals surface area (Å²) in [6, 6.07) is 11.3. The van der Waals surface area contributed by atoms with E-state index in [9.17, 15) is 0 Å². The van der Waals surface area contributed by atoms with E-state index in [1.807, 2.05) is 7.11 Å². The van der Waals surface area contributed by atoms with Gasteiger partial charge in [0.25, 0.3) is 0 Å². The Labute approximate surface area is 130 Å². The van der Waals surface area contributed by atoms with Crippen LogP contribution in [-0.2, 0) is 11.2 Å². The molecule has 2 rings (SSSR count). The lowest BCUT2D eigenvalue weighted by atomic mass is 9.83. The van der Waals surface area contributed by atoms with Crippen molar-refractivity contribution in [3.8, 4) is 0 Å². The maximum absolute atomic E-state index is 6.05. The van der Waals surface area contributed by atoms with Crippen LogP contribution in [0.5, 0.6) is 0 Å². The predicted octanol–water partition coefficient (Wildman–Crippen LogP) is 4.34. The minimum atomic E-state index is 0.0575. The van der Waals surface area contributed by atoms with Gasteiger partial charge in [-0.2, -0.15) is 0 Å². The number of hydrogen-bond donors (Lipinski definition) is 1. The van der Waals surface area contributed by atoms with Crippen LogP contribution in [0, 0.1) is 0 Å². The smallest absolute Gasteiger partial charge is 0.0830 e. The fourth-order valence-electron chi connectivity index (χ4n) is 3.85. The van der Waals surface area contributed by atoms with Crippen LogP contribution < -0.4 is 5.32 Å². The Morgan fingerprint density at radius 1 is 1.10 bits per heavy atom. The van der Waals surface area contributed by atoms with Gasteiger partial charge in [0.2, 0.25) is 0 Å². The maximum atomic E-state index is 6.05. The summed E-state index contributed by atoms with van der Waals surface area (Å²) in [6.07, 6.45) is 11.4. The lowest BCUT2D eigenvalue weighted by molar-refractivity contribution is -0.0533. The molecule has 1 N–H and O–H groups in total. The topological polar surface area (TPSA) is 21.3 Å². The van der Waals surface area contributed by atoms with Gasteiger partial charge in [-0.3, -0.25) is 0 Å². The van der Waals surface area contributed by atoms with E-state index in [1.54, 1.807) is 0 Å². The number of likely N-dealkylation sites (N-methyl/N-ethyl adjacent to an activating group) is 1. The first-order chi connectivity index (χ1) is 10.3. The molecule has 0 aromatic heterocycles. The molecule has 1 aromatic carbocycles. The molecule has 0 amide bonds. The summed E-state index contributed by atoms with van der Waals surface area (Å²) < 4.78 is 6.05. The van der Waals surface area contributed by atoms with Gasteiger partial charge in [0, 0.05) is 13.2 Å². The Morgan fingerprint density at radius 3 is 2.33 bits per heavy atom. The van der Waals surface area contributed by atoms with E-state index in [0.29, 0.717) is 6.04 Å². The van der Waals surface area contributed by atoms with Crippen molar-refractivity contribution in [1.29, 1.82) is 0 Å². The van der Waals surface area contributed by atoms with Gasteiger partial charge in [-0.25, -0.2) is 0 Å². The molecule has 0 saturated heterocycles. The first kappa shape index (κ1) is 16.5. The van der Waals surface area contributed by atoms with Crippen LogP contribution >= 0.6 is 0 Å². The van der Waals surface area contributed by atoms with Crippen LogP contribution in [0.1, 0.15) is 56.9 Å². The number of rotatable bonds is 7.